The van der Waals surface area contributed by atoms with Crippen molar-refractivity contribution < 1.29 is 18.8 Å². The smallest absolute Gasteiger partial charge is 0.261 e. The minimum absolute atomic E-state index is 0.209. The van der Waals surface area contributed by atoms with Crippen molar-refractivity contribution in [1.82, 2.24) is 10.6 Å². The minimum atomic E-state index is -0.556. The molecule has 0 saturated carbocycles. The van der Waals surface area contributed by atoms with Crippen molar-refractivity contribution in [2.75, 3.05) is 0 Å². The van der Waals surface area contributed by atoms with Crippen molar-refractivity contribution >= 4 is 29.1 Å². The van der Waals surface area contributed by atoms with Crippen molar-refractivity contribution in [2.24, 2.45) is 5.73 Å². The molecule has 27 heavy (non-hydrogen) atoms. The van der Waals surface area contributed by atoms with Crippen LogP contribution in [0.15, 0.2) is 59.2 Å². The van der Waals surface area contributed by atoms with Crippen LogP contribution in [-0.4, -0.2) is 17.7 Å². The average Bonchev–Trinajstić information content (AvgIpc) is 3.36. The largest absolute Gasteiger partial charge is 0.467 e. The van der Waals surface area contributed by atoms with Crippen molar-refractivity contribution in [3.8, 4) is 0 Å². The molecule has 0 bridgehead atoms. The van der Waals surface area contributed by atoms with Crippen molar-refractivity contribution in [3.63, 3.8) is 0 Å². The third-order valence-electron chi connectivity index (χ3n) is 3.75. The minimum Gasteiger partial charge on any atom is -0.467 e. The lowest BCUT2D eigenvalue weighted by atomic mass is 10.1. The molecule has 0 aliphatic rings. The van der Waals surface area contributed by atoms with E-state index in [4.69, 9.17) is 10.2 Å². The quantitative estimate of drug-likeness (QED) is 0.581. The van der Waals surface area contributed by atoms with Crippen molar-refractivity contribution in [1.29, 1.82) is 0 Å². The molecule has 3 amide bonds. The number of hydrogen-bond donors (Lipinski definition) is 3. The van der Waals surface area contributed by atoms with Crippen LogP contribution in [-0.2, 0) is 13.1 Å². The van der Waals surface area contributed by atoms with Crippen molar-refractivity contribution in [2.45, 2.75) is 13.1 Å². The van der Waals surface area contributed by atoms with E-state index in [1.54, 1.807) is 48.7 Å². The highest BCUT2D eigenvalue weighted by Gasteiger charge is 2.12. The second-order valence-corrected chi connectivity index (χ2v) is 6.75. The highest BCUT2D eigenvalue weighted by atomic mass is 32.1. The lowest BCUT2D eigenvalue weighted by Gasteiger charge is -2.06. The molecule has 138 valence electrons. The number of primary amides is 1. The number of furan rings is 1. The summed E-state index contributed by atoms with van der Waals surface area (Å²) in [4.78, 5) is 36.0. The van der Waals surface area contributed by atoms with E-state index in [2.05, 4.69) is 10.6 Å². The van der Waals surface area contributed by atoms with E-state index in [0.717, 1.165) is 16.9 Å². The highest BCUT2D eigenvalue weighted by molar-refractivity contribution is 7.15. The average molecular weight is 383 g/mol. The zero-order chi connectivity index (χ0) is 19.2. The van der Waals surface area contributed by atoms with E-state index >= 15 is 0 Å². The molecule has 0 aliphatic carbocycles. The summed E-state index contributed by atoms with van der Waals surface area (Å²) in [5.74, 6) is -0.372. The van der Waals surface area contributed by atoms with E-state index < -0.39 is 5.91 Å². The SMILES string of the molecule is NC(=O)c1ccc(C(=O)NCc2ccc(C(=O)NCc3ccco3)cc2)s1. The van der Waals surface area contributed by atoms with Crippen LogP contribution >= 0.6 is 11.3 Å². The number of carbonyl (C=O) groups excluding carboxylic acids is 3. The summed E-state index contributed by atoms with van der Waals surface area (Å²) >= 11 is 1.05. The first kappa shape index (κ1) is 18.4. The fraction of sp³-hybridized carbons (Fsp3) is 0.105. The van der Waals surface area contributed by atoms with Gasteiger partial charge in [0.05, 0.1) is 22.6 Å². The molecule has 3 rings (SSSR count). The first-order valence-corrected chi connectivity index (χ1v) is 8.92. The summed E-state index contributed by atoms with van der Waals surface area (Å²) in [5, 5.41) is 5.53. The van der Waals surface area contributed by atoms with E-state index in [1.807, 2.05) is 0 Å². The molecule has 0 unspecified atom stereocenters. The molecule has 7 nitrogen and oxygen atoms in total. The van der Waals surface area contributed by atoms with Gasteiger partial charge in [0, 0.05) is 12.1 Å². The lowest BCUT2D eigenvalue weighted by Crippen LogP contribution is -2.23. The number of nitrogens with two attached hydrogens (primary N) is 1. The first-order valence-electron chi connectivity index (χ1n) is 8.10. The molecule has 3 aromatic rings. The summed E-state index contributed by atoms with van der Waals surface area (Å²) in [6.45, 7) is 0.620. The molecule has 0 spiro atoms. The van der Waals surface area contributed by atoms with Crippen LogP contribution in [0.3, 0.4) is 0 Å². The van der Waals surface area contributed by atoms with E-state index in [-0.39, 0.29) is 11.8 Å². The van der Waals surface area contributed by atoms with E-state index in [1.165, 1.54) is 6.07 Å². The maximum Gasteiger partial charge on any atom is 0.261 e. The third-order valence-corrected chi connectivity index (χ3v) is 4.84. The summed E-state index contributed by atoms with van der Waals surface area (Å²) in [5.41, 5.74) is 6.54. The molecule has 0 saturated heterocycles. The van der Waals surface area contributed by atoms with Crippen LogP contribution in [0.5, 0.6) is 0 Å². The predicted octanol–water partition coefficient (Wildman–Crippen LogP) is 2.30. The summed E-state index contributed by atoms with van der Waals surface area (Å²) in [7, 11) is 0. The number of thiophene rings is 1. The first-order chi connectivity index (χ1) is 13.0. The molecule has 1 aromatic carbocycles. The van der Waals surface area contributed by atoms with Gasteiger partial charge in [0.15, 0.2) is 0 Å². The number of hydrogen-bond acceptors (Lipinski definition) is 5. The normalized spacial score (nSPS) is 10.4. The Morgan fingerprint density at radius 3 is 2.22 bits per heavy atom. The lowest BCUT2D eigenvalue weighted by molar-refractivity contribution is 0.0941. The third kappa shape index (κ3) is 4.83. The standard InChI is InChI=1S/C19H17N3O4S/c20-17(23)15-7-8-16(27-15)19(25)21-10-12-3-5-13(6-4-12)18(24)22-11-14-2-1-9-26-14/h1-9H,10-11H2,(H2,20,23)(H,21,25)(H,22,24). The molecular weight excluding hydrogens is 366 g/mol. The monoisotopic (exact) mass is 383 g/mol. The van der Waals surface area contributed by atoms with Gasteiger partial charge < -0.3 is 20.8 Å². The number of amides is 3. The van der Waals surface area contributed by atoms with E-state index in [9.17, 15) is 14.4 Å². The molecule has 2 aromatic heterocycles. The van der Waals surface area contributed by atoms with Crippen LogP contribution < -0.4 is 16.4 Å². The Kier molecular flexibility index (Phi) is 5.68. The van der Waals surface area contributed by atoms with Crippen LogP contribution in [0.2, 0.25) is 0 Å². The topological polar surface area (TPSA) is 114 Å². The molecule has 0 fully saturated rings. The Bertz CT molecular complexity index is 946. The van der Waals surface area contributed by atoms with Crippen LogP contribution in [0.4, 0.5) is 0 Å². The van der Waals surface area contributed by atoms with Gasteiger partial charge in [-0.3, -0.25) is 14.4 Å². The van der Waals surface area contributed by atoms with Crippen LogP contribution in [0.1, 0.15) is 41.0 Å². The maximum atomic E-state index is 12.1. The molecule has 8 heteroatoms. The van der Waals surface area contributed by atoms with Crippen molar-refractivity contribution in [3.05, 3.63) is 81.4 Å². The van der Waals surface area contributed by atoms with Gasteiger partial charge in [0.1, 0.15) is 5.76 Å². The Hall–Kier alpha value is -3.39. The number of benzene rings is 1. The molecule has 0 atom stereocenters. The molecule has 0 aliphatic heterocycles. The van der Waals surface area contributed by atoms with Gasteiger partial charge in [-0.2, -0.15) is 0 Å². The molecule has 2 heterocycles. The molecular formula is C19H17N3O4S. The predicted molar refractivity (Wildman–Crippen MR) is 100 cm³/mol. The highest BCUT2D eigenvalue weighted by Crippen LogP contribution is 2.16. The summed E-state index contributed by atoms with van der Waals surface area (Å²) < 4.78 is 5.16. The number of rotatable bonds is 7. The summed E-state index contributed by atoms with van der Waals surface area (Å²) in [6.07, 6.45) is 1.55. The van der Waals surface area contributed by atoms with Gasteiger partial charge in [-0.15, -0.1) is 11.3 Å². The Morgan fingerprint density at radius 2 is 1.59 bits per heavy atom. The second-order valence-electron chi connectivity index (χ2n) is 5.67. The van der Waals surface area contributed by atoms with Gasteiger partial charge in [0.2, 0.25) is 0 Å². The van der Waals surface area contributed by atoms with E-state index in [0.29, 0.717) is 34.2 Å². The Balaban J connectivity index is 1.51. The van der Waals surface area contributed by atoms with Gasteiger partial charge in [-0.1, -0.05) is 12.1 Å². The van der Waals surface area contributed by atoms with Crippen LogP contribution in [0, 0.1) is 0 Å². The zero-order valence-corrected chi connectivity index (χ0v) is 15.0. The van der Waals surface area contributed by atoms with Gasteiger partial charge in [0.25, 0.3) is 17.7 Å². The van der Waals surface area contributed by atoms with Gasteiger partial charge in [-0.05, 0) is 42.0 Å². The Labute approximate surface area is 159 Å². The second kappa shape index (κ2) is 8.33. The number of carbonyl (C=O) groups is 3. The molecule has 4 N–H and O–H groups in total. The Morgan fingerprint density at radius 1 is 0.889 bits per heavy atom. The fourth-order valence-electron chi connectivity index (χ4n) is 2.32. The van der Waals surface area contributed by atoms with Gasteiger partial charge in [-0.25, -0.2) is 0 Å². The van der Waals surface area contributed by atoms with Gasteiger partial charge >= 0.3 is 0 Å². The maximum absolute atomic E-state index is 12.1. The van der Waals surface area contributed by atoms with Crippen LogP contribution in [0.25, 0.3) is 0 Å². The summed E-state index contributed by atoms with van der Waals surface area (Å²) in [6, 6.07) is 13.5. The zero-order valence-electron chi connectivity index (χ0n) is 14.2. The molecule has 0 radical (unpaired) electrons. The number of nitrogens with one attached hydrogen (secondary N) is 2. The fourth-order valence-corrected chi connectivity index (χ4v) is 3.09.